The highest BCUT2D eigenvalue weighted by molar-refractivity contribution is 5.05. The molecule has 2 heteroatoms. The Labute approximate surface area is 69.2 Å². The van der Waals surface area contributed by atoms with Crippen LogP contribution in [0.3, 0.4) is 0 Å². The number of hydrogen-bond acceptors (Lipinski definition) is 2. The van der Waals surface area contributed by atoms with Crippen LogP contribution in [0, 0.1) is 5.92 Å². The molecule has 0 saturated carbocycles. The lowest BCUT2D eigenvalue weighted by Crippen LogP contribution is -2.69. The van der Waals surface area contributed by atoms with Crippen LogP contribution in [-0.2, 0) is 0 Å². The molecule has 0 aromatic heterocycles. The van der Waals surface area contributed by atoms with Crippen LogP contribution in [0.4, 0.5) is 0 Å². The third-order valence-corrected chi connectivity index (χ3v) is 3.71. The summed E-state index contributed by atoms with van der Waals surface area (Å²) in [5.74, 6) is 0.470. The van der Waals surface area contributed by atoms with E-state index >= 15 is 0 Å². The minimum atomic E-state index is 0.244. The number of aliphatic hydroxyl groups excluding tert-OH is 1. The van der Waals surface area contributed by atoms with Crippen molar-refractivity contribution in [2.24, 2.45) is 5.92 Å². The molecule has 11 heavy (non-hydrogen) atoms. The Kier molecular flexibility index (Phi) is 2.26. The SMILES string of the molecule is CCC1(C)C(CO)C(C)N1C. The first-order valence-electron chi connectivity index (χ1n) is 4.41. The molecule has 1 N–H and O–H groups in total. The van der Waals surface area contributed by atoms with Crippen LogP contribution in [0.25, 0.3) is 0 Å². The van der Waals surface area contributed by atoms with Gasteiger partial charge in [-0.15, -0.1) is 0 Å². The highest BCUT2D eigenvalue weighted by atomic mass is 16.3. The highest BCUT2D eigenvalue weighted by Gasteiger charge is 2.51. The summed E-state index contributed by atoms with van der Waals surface area (Å²) < 4.78 is 0. The van der Waals surface area contributed by atoms with Crippen LogP contribution in [0.15, 0.2) is 0 Å². The topological polar surface area (TPSA) is 23.5 Å². The quantitative estimate of drug-likeness (QED) is 0.649. The van der Waals surface area contributed by atoms with E-state index in [1.54, 1.807) is 0 Å². The molecule has 1 aliphatic rings. The van der Waals surface area contributed by atoms with E-state index in [0.29, 0.717) is 18.6 Å². The third kappa shape index (κ3) is 1.00. The maximum Gasteiger partial charge on any atom is 0.0491 e. The third-order valence-electron chi connectivity index (χ3n) is 3.71. The van der Waals surface area contributed by atoms with Crippen molar-refractivity contribution in [1.82, 2.24) is 4.90 Å². The van der Waals surface area contributed by atoms with E-state index in [9.17, 15) is 0 Å². The molecule has 0 aliphatic carbocycles. The molecule has 0 spiro atoms. The Balaban J connectivity index is 2.66. The van der Waals surface area contributed by atoms with Crippen molar-refractivity contribution >= 4 is 0 Å². The number of likely N-dealkylation sites (tertiary alicyclic amines) is 1. The van der Waals surface area contributed by atoms with Gasteiger partial charge in [0.25, 0.3) is 0 Å². The molecule has 0 radical (unpaired) electrons. The fourth-order valence-electron chi connectivity index (χ4n) is 2.29. The number of rotatable bonds is 2. The lowest BCUT2D eigenvalue weighted by atomic mass is 9.69. The summed E-state index contributed by atoms with van der Waals surface area (Å²) in [5.41, 5.74) is 0.244. The van der Waals surface area contributed by atoms with Gasteiger partial charge >= 0.3 is 0 Å². The summed E-state index contributed by atoms with van der Waals surface area (Å²) in [4.78, 5) is 2.36. The first-order valence-corrected chi connectivity index (χ1v) is 4.41. The molecule has 3 atom stereocenters. The van der Waals surface area contributed by atoms with E-state index in [1.165, 1.54) is 0 Å². The Morgan fingerprint density at radius 3 is 2.36 bits per heavy atom. The molecule has 1 fully saturated rings. The van der Waals surface area contributed by atoms with Gasteiger partial charge in [0.1, 0.15) is 0 Å². The molecule has 0 bridgehead atoms. The van der Waals surface area contributed by atoms with Crippen LogP contribution in [0.2, 0.25) is 0 Å². The van der Waals surface area contributed by atoms with E-state index < -0.39 is 0 Å². The van der Waals surface area contributed by atoms with Crippen molar-refractivity contribution < 1.29 is 5.11 Å². The largest absolute Gasteiger partial charge is 0.396 e. The van der Waals surface area contributed by atoms with Gasteiger partial charge in [-0.1, -0.05) is 6.92 Å². The summed E-state index contributed by atoms with van der Waals surface area (Å²) in [6.07, 6.45) is 1.12. The van der Waals surface area contributed by atoms with E-state index in [0.717, 1.165) is 6.42 Å². The fourth-order valence-corrected chi connectivity index (χ4v) is 2.29. The van der Waals surface area contributed by atoms with E-state index in [4.69, 9.17) is 5.11 Å². The summed E-state index contributed by atoms with van der Waals surface area (Å²) in [6, 6.07) is 0.546. The van der Waals surface area contributed by atoms with Crippen molar-refractivity contribution in [2.45, 2.75) is 38.8 Å². The van der Waals surface area contributed by atoms with Crippen LogP contribution in [-0.4, -0.2) is 35.2 Å². The molecular formula is C9H19NO. The molecule has 3 unspecified atom stereocenters. The Morgan fingerprint density at radius 2 is 2.09 bits per heavy atom. The lowest BCUT2D eigenvalue weighted by Gasteiger charge is -2.60. The summed E-state index contributed by atoms with van der Waals surface area (Å²) in [6.45, 7) is 6.92. The zero-order valence-corrected chi connectivity index (χ0v) is 7.96. The molecular weight excluding hydrogens is 138 g/mol. The Morgan fingerprint density at radius 1 is 1.55 bits per heavy atom. The average molecular weight is 157 g/mol. The van der Waals surface area contributed by atoms with Gasteiger partial charge < -0.3 is 5.11 Å². The minimum absolute atomic E-state index is 0.244. The second kappa shape index (κ2) is 2.76. The normalized spacial score (nSPS) is 45.5. The van der Waals surface area contributed by atoms with Crippen LogP contribution in [0.5, 0.6) is 0 Å². The predicted molar refractivity (Wildman–Crippen MR) is 46.5 cm³/mol. The first kappa shape index (κ1) is 9.01. The van der Waals surface area contributed by atoms with Crippen molar-refractivity contribution in [3.8, 4) is 0 Å². The van der Waals surface area contributed by atoms with Crippen molar-refractivity contribution in [3.63, 3.8) is 0 Å². The maximum absolute atomic E-state index is 9.11. The molecule has 66 valence electrons. The smallest absolute Gasteiger partial charge is 0.0491 e. The second-order valence-corrected chi connectivity index (χ2v) is 3.85. The van der Waals surface area contributed by atoms with E-state index in [1.807, 2.05) is 0 Å². The second-order valence-electron chi connectivity index (χ2n) is 3.85. The standard InChI is InChI=1S/C9H19NO/c1-5-9(3)8(6-11)7(2)10(9)4/h7-8,11H,5-6H2,1-4H3. The average Bonchev–Trinajstić information content (AvgIpc) is 2.04. The molecule has 1 aliphatic heterocycles. The monoisotopic (exact) mass is 157 g/mol. The van der Waals surface area contributed by atoms with Gasteiger partial charge in [-0.3, -0.25) is 4.90 Å². The van der Waals surface area contributed by atoms with Gasteiger partial charge in [-0.05, 0) is 27.3 Å². The summed E-state index contributed by atoms with van der Waals surface area (Å²) in [5, 5.41) is 9.11. The summed E-state index contributed by atoms with van der Waals surface area (Å²) in [7, 11) is 2.14. The van der Waals surface area contributed by atoms with Crippen LogP contribution in [0.1, 0.15) is 27.2 Å². The van der Waals surface area contributed by atoms with Gasteiger partial charge in [-0.2, -0.15) is 0 Å². The van der Waals surface area contributed by atoms with Gasteiger partial charge in [0.2, 0.25) is 0 Å². The van der Waals surface area contributed by atoms with Crippen molar-refractivity contribution in [2.75, 3.05) is 13.7 Å². The molecule has 1 saturated heterocycles. The molecule has 1 heterocycles. The van der Waals surface area contributed by atoms with Crippen LogP contribution < -0.4 is 0 Å². The van der Waals surface area contributed by atoms with E-state index in [2.05, 4.69) is 32.7 Å². The molecule has 0 aromatic rings. The number of nitrogens with zero attached hydrogens (tertiary/aromatic N) is 1. The van der Waals surface area contributed by atoms with Gasteiger partial charge in [0.15, 0.2) is 0 Å². The van der Waals surface area contributed by atoms with Crippen molar-refractivity contribution in [1.29, 1.82) is 0 Å². The number of aliphatic hydroxyl groups is 1. The zero-order valence-electron chi connectivity index (χ0n) is 7.96. The van der Waals surface area contributed by atoms with Crippen LogP contribution >= 0.6 is 0 Å². The van der Waals surface area contributed by atoms with E-state index in [-0.39, 0.29) is 5.54 Å². The van der Waals surface area contributed by atoms with Gasteiger partial charge in [-0.25, -0.2) is 0 Å². The molecule has 0 amide bonds. The zero-order chi connectivity index (χ0) is 8.65. The maximum atomic E-state index is 9.11. The predicted octanol–water partition coefficient (Wildman–Crippen LogP) is 1.10. The molecule has 0 aromatic carbocycles. The molecule has 2 nitrogen and oxygen atoms in total. The Hall–Kier alpha value is -0.0800. The van der Waals surface area contributed by atoms with Gasteiger partial charge in [0, 0.05) is 24.1 Å². The molecule has 1 rings (SSSR count). The highest BCUT2D eigenvalue weighted by Crippen LogP contribution is 2.42. The minimum Gasteiger partial charge on any atom is -0.396 e. The first-order chi connectivity index (χ1) is 5.07. The summed E-state index contributed by atoms with van der Waals surface area (Å²) >= 11 is 0. The fraction of sp³-hybridized carbons (Fsp3) is 1.00. The number of hydrogen-bond donors (Lipinski definition) is 1. The van der Waals surface area contributed by atoms with Crippen molar-refractivity contribution in [3.05, 3.63) is 0 Å². The lowest BCUT2D eigenvalue weighted by molar-refractivity contribution is -0.124. The van der Waals surface area contributed by atoms with Gasteiger partial charge in [0.05, 0.1) is 0 Å². The Bertz CT molecular complexity index is 148.